The minimum atomic E-state index is -0.823. The monoisotopic (exact) mass is 727 g/mol. The Hall–Kier alpha value is -5.32. The summed E-state index contributed by atoms with van der Waals surface area (Å²) >= 11 is 0. The standard InChI is InChI=1S/C45H49N3O6/c1-31(34-14-8-5-9-15-34)48(2)29-39-27-42(36-20-18-33(30-49)19-21-36)54-44(53-39)37-24-22-35(23-25-37)40-17-11-10-16-38(40)28-46-45(51)47-41(43(50)52-3)26-32-12-6-4-7-13-32/h4-25,31,39,41-42,44,49H,26-30H2,1-3H3,(H2,46,47,51)/t31-,39+,41-,42-,44-/m0/s1. The Kier molecular flexibility index (Phi) is 13.2. The molecule has 0 unspecified atom stereocenters. The Morgan fingerprint density at radius 1 is 0.815 bits per heavy atom. The number of likely N-dealkylation sites (N-methyl/N-ethyl adjacent to an activating group) is 1. The van der Waals surface area contributed by atoms with Crippen LogP contribution in [0.4, 0.5) is 4.79 Å². The molecule has 9 nitrogen and oxygen atoms in total. The van der Waals surface area contributed by atoms with Gasteiger partial charge in [0.2, 0.25) is 0 Å². The highest BCUT2D eigenvalue weighted by molar-refractivity contribution is 5.84. The van der Waals surface area contributed by atoms with Crippen molar-refractivity contribution < 1.29 is 28.9 Å². The van der Waals surface area contributed by atoms with Crippen molar-refractivity contribution in [1.82, 2.24) is 15.5 Å². The number of aliphatic hydroxyl groups is 1. The van der Waals surface area contributed by atoms with E-state index in [0.29, 0.717) is 12.8 Å². The first kappa shape index (κ1) is 38.4. The number of urea groups is 1. The number of nitrogens with zero attached hydrogens (tertiary/aromatic N) is 1. The third-order valence-corrected chi connectivity index (χ3v) is 10.1. The Balaban J connectivity index is 1.15. The lowest BCUT2D eigenvalue weighted by atomic mass is 9.97. The van der Waals surface area contributed by atoms with Crippen LogP contribution >= 0.6 is 0 Å². The fourth-order valence-corrected chi connectivity index (χ4v) is 6.84. The maximum Gasteiger partial charge on any atom is 0.328 e. The molecule has 54 heavy (non-hydrogen) atoms. The number of hydrogen-bond donors (Lipinski definition) is 3. The summed E-state index contributed by atoms with van der Waals surface area (Å²) in [5, 5.41) is 15.3. The summed E-state index contributed by atoms with van der Waals surface area (Å²) in [6.45, 7) is 3.18. The molecule has 5 aromatic carbocycles. The Morgan fingerprint density at radius 3 is 2.15 bits per heavy atom. The molecule has 0 aromatic heterocycles. The van der Waals surface area contributed by atoms with Crippen molar-refractivity contribution in [3.05, 3.63) is 167 Å². The van der Waals surface area contributed by atoms with Crippen LogP contribution in [0.2, 0.25) is 0 Å². The molecule has 0 radical (unpaired) electrons. The molecule has 0 spiro atoms. The van der Waals surface area contributed by atoms with Gasteiger partial charge in [0.15, 0.2) is 6.29 Å². The first-order valence-electron chi connectivity index (χ1n) is 18.4. The zero-order chi connectivity index (χ0) is 37.9. The van der Waals surface area contributed by atoms with Crippen LogP contribution in [0.3, 0.4) is 0 Å². The molecule has 2 amide bonds. The highest BCUT2D eigenvalue weighted by Crippen LogP contribution is 2.39. The van der Waals surface area contributed by atoms with Gasteiger partial charge in [0.05, 0.1) is 25.9 Å². The number of aliphatic hydroxyl groups excluding tert-OH is 1. The van der Waals surface area contributed by atoms with E-state index in [0.717, 1.165) is 45.5 Å². The average Bonchev–Trinajstić information content (AvgIpc) is 3.23. The first-order chi connectivity index (χ1) is 26.3. The number of hydrogen-bond acceptors (Lipinski definition) is 7. The third kappa shape index (κ3) is 10.0. The van der Waals surface area contributed by atoms with Gasteiger partial charge in [-0.25, -0.2) is 9.59 Å². The quantitative estimate of drug-likeness (QED) is 0.101. The second kappa shape index (κ2) is 18.6. The van der Waals surface area contributed by atoms with Crippen molar-refractivity contribution in [3.8, 4) is 11.1 Å². The van der Waals surface area contributed by atoms with Gasteiger partial charge in [-0.1, -0.05) is 133 Å². The van der Waals surface area contributed by atoms with Gasteiger partial charge >= 0.3 is 12.0 Å². The zero-order valence-electron chi connectivity index (χ0n) is 31.1. The summed E-state index contributed by atoms with van der Waals surface area (Å²) in [5.74, 6) is -0.508. The Labute approximate surface area is 317 Å². The van der Waals surface area contributed by atoms with Crippen LogP contribution in [0.25, 0.3) is 11.1 Å². The number of ether oxygens (including phenoxy) is 3. The summed E-state index contributed by atoms with van der Waals surface area (Å²) in [6.07, 6.45) is 0.149. The minimum Gasteiger partial charge on any atom is -0.467 e. The largest absolute Gasteiger partial charge is 0.467 e. The fourth-order valence-electron chi connectivity index (χ4n) is 6.84. The van der Waals surface area contributed by atoms with Crippen molar-refractivity contribution in [3.63, 3.8) is 0 Å². The molecule has 0 saturated carbocycles. The molecular formula is C45H49N3O6. The summed E-state index contributed by atoms with van der Waals surface area (Å²) in [4.78, 5) is 27.8. The van der Waals surface area contributed by atoms with Crippen LogP contribution in [0, 0.1) is 0 Å². The maximum absolute atomic E-state index is 13.0. The topological polar surface area (TPSA) is 109 Å². The Morgan fingerprint density at radius 2 is 1.46 bits per heavy atom. The number of esters is 1. The Bertz CT molecular complexity index is 1940. The lowest BCUT2D eigenvalue weighted by molar-refractivity contribution is -0.253. The number of benzene rings is 5. The lowest BCUT2D eigenvalue weighted by Crippen LogP contribution is -2.47. The van der Waals surface area contributed by atoms with Crippen LogP contribution in [0.1, 0.15) is 65.2 Å². The highest BCUT2D eigenvalue weighted by Gasteiger charge is 2.33. The molecule has 1 aliphatic heterocycles. The predicted octanol–water partition coefficient (Wildman–Crippen LogP) is 7.67. The van der Waals surface area contributed by atoms with E-state index >= 15 is 0 Å². The molecule has 1 saturated heterocycles. The van der Waals surface area contributed by atoms with Gasteiger partial charge in [-0.2, -0.15) is 0 Å². The molecule has 1 heterocycles. The van der Waals surface area contributed by atoms with E-state index in [1.807, 2.05) is 109 Å². The molecule has 0 aliphatic carbocycles. The fraction of sp³-hybridized carbons (Fsp3) is 0.289. The molecule has 0 bridgehead atoms. The summed E-state index contributed by atoms with van der Waals surface area (Å²) < 4.78 is 18.2. The van der Waals surface area contributed by atoms with Crippen LogP contribution in [0.5, 0.6) is 0 Å². The van der Waals surface area contributed by atoms with Crippen LogP contribution < -0.4 is 10.6 Å². The van der Waals surface area contributed by atoms with E-state index in [1.54, 1.807) is 0 Å². The molecule has 1 aliphatic rings. The minimum absolute atomic E-state index is 0.00825. The van der Waals surface area contributed by atoms with Gasteiger partial charge < -0.3 is 30.0 Å². The van der Waals surface area contributed by atoms with Crippen LogP contribution in [0.15, 0.2) is 133 Å². The number of methoxy groups -OCH3 is 1. The van der Waals surface area contributed by atoms with Gasteiger partial charge in [-0.3, -0.25) is 4.90 Å². The smallest absolute Gasteiger partial charge is 0.328 e. The molecule has 6 rings (SSSR count). The van der Waals surface area contributed by atoms with Gasteiger partial charge in [0.25, 0.3) is 0 Å². The normalized spacial score (nSPS) is 18.1. The third-order valence-electron chi connectivity index (χ3n) is 10.1. The molecular weight excluding hydrogens is 679 g/mol. The van der Waals surface area contributed by atoms with Crippen molar-refractivity contribution >= 4 is 12.0 Å². The average molecular weight is 728 g/mol. The van der Waals surface area contributed by atoms with Gasteiger partial charge in [0, 0.05) is 37.5 Å². The van der Waals surface area contributed by atoms with Gasteiger partial charge in [-0.15, -0.1) is 0 Å². The van der Waals surface area contributed by atoms with Crippen molar-refractivity contribution in [1.29, 1.82) is 0 Å². The van der Waals surface area contributed by atoms with E-state index in [1.165, 1.54) is 12.7 Å². The molecule has 9 heteroatoms. The number of carbonyl (C=O) groups excluding carboxylic acids is 2. The maximum atomic E-state index is 13.0. The van der Waals surface area contributed by atoms with Gasteiger partial charge in [0.1, 0.15) is 6.04 Å². The number of amides is 2. The van der Waals surface area contributed by atoms with E-state index < -0.39 is 24.3 Å². The van der Waals surface area contributed by atoms with Crippen molar-refractivity contribution in [2.45, 2.75) is 63.5 Å². The summed E-state index contributed by atoms with van der Waals surface area (Å²) in [6, 6.07) is 42.9. The number of rotatable bonds is 14. The second-order valence-electron chi connectivity index (χ2n) is 13.7. The summed E-state index contributed by atoms with van der Waals surface area (Å²) in [5.41, 5.74) is 7.85. The highest BCUT2D eigenvalue weighted by atomic mass is 16.7. The predicted molar refractivity (Wildman–Crippen MR) is 209 cm³/mol. The number of nitrogens with one attached hydrogen (secondary N) is 2. The lowest BCUT2D eigenvalue weighted by Gasteiger charge is -2.39. The molecule has 5 aromatic rings. The van der Waals surface area contributed by atoms with E-state index in [9.17, 15) is 14.7 Å². The molecule has 5 atom stereocenters. The molecule has 3 N–H and O–H groups in total. The molecule has 1 fully saturated rings. The van der Waals surface area contributed by atoms with E-state index in [2.05, 4.69) is 53.8 Å². The van der Waals surface area contributed by atoms with Crippen molar-refractivity contribution in [2.75, 3.05) is 20.7 Å². The zero-order valence-corrected chi connectivity index (χ0v) is 31.1. The SMILES string of the molecule is COC(=O)[C@H](Cc1ccccc1)NC(=O)NCc1ccccc1-c1ccc([C@H]2O[C@@H](CN(C)[C@@H](C)c3ccccc3)C[C@@H](c3ccc(CO)cc3)O2)cc1. The van der Waals surface area contributed by atoms with Crippen LogP contribution in [-0.2, 0) is 38.6 Å². The summed E-state index contributed by atoms with van der Waals surface area (Å²) in [7, 11) is 3.44. The molecule has 280 valence electrons. The van der Waals surface area contributed by atoms with Crippen molar-refractivity contribution in [2.24, 2.45) is 0 Å². The number of carbonyl (C=O) groups is 2. The second-order valence-corrected chi connectivity index (χ2v) is 13.7. The van der Waals surface area contributed by atoms with Crippen LogP contribution in [-0.4, -0.2) is 54.9 Å². The van der Waals surface area contributed by atoms with E-state index in [4.69, 9.17) is 14.2 Å². The van der Waals surface area contributed by atoms with Gasteiger partial charge in [-0.05, 0) is 52.9 Å². The first-order valence-corrected chi connectivity index (χ1v) is 18.4. The van der Waals surface area contributed by atoms with E-state index in [-0.39, 0.29) is 31.4 Å².